The lowest BCUT2D eigenvalue weighted by molar-refractivity contribution is -0.0979. The molecule has 0 spiro atoms. The van der Waals surface area contributed by atoms with Crippen molar-refractivity contribution in [1.29, 1.82) is 0 Å². The number of ether oxygens (including phenoxy) is 1. The normalized spacial score (nSPS) is 27.0. The van der Waals surface area contributed by atoms with Crippen molar-refractivity contribution in [2.45, 2.75) is 32.8 Å². The van der Waals surface area contributed by atoms with Crippen LogP contribution in [-0.2, 0) is 9.53 Å². The van der Waals surface area contributed by atoms with Crippen LogP contribution in [0.1, 0.15) is 26.7 Å². The summed E-state index contributed by atoms with van der Waals surface area (Å²) in [5, 5.41) is 0. The van der Waals surface area contributed by atoms with Crippen molar-refractivity contribution >= 4 is 6.79 Å². The van der Waals surface area contributed by atoms with Gasteiger partial charge in [0.1, 0.15) is 6.79 Å². The van der Waals surface area contributed by atoms with Crippen LogP contribution in [0.3, 0.4) is 0 Å². The highest BCUT2D eigenvalue weighted by atomic mass is 16.5. The van der Waals surface area contributed by atoms with Gasteiger partial charge in [0.25, 0.3) is 0 Å². The van der Waals surface area contributed by atoms with Gasteiger partial charge in [-0.3, -0.25) is 0 Å². The summed E-state index contributed by atoms with van der Waals surface area (Å²) >= 11 is 0. The highest BCUT2D eigenvalue weighted by Crippen LogP contribution is 2.18. The fraction of sp³-hybridized carbons (Fsp3) is 0.700. The van der Waals surface area contributed by atoms with Crippen LogP contribution in [0, 0.1) is 18.8 Å². The van der Waals surface area contributed by atoms with E-state index in [1.807, 2.05) is 6.79 Å². The molecule has 0 aromatic heterocycles. The summed E-state index contributed by atoms with van der Waals surface area (Å²) in [6.45, 7) is 7.41. The maximum atomic E-state index is 8.00. The smallest absolute Gasteiger partial charge is 0.106 e. The second kappa shape index (κ2) is 10.2. The lowest BCUT2D eigenvalue weighted by Crippen LogP contribution is -2.20. The average molecular weight is 170 g/mol. The summed E-state index contributed by atoms with van der Waals surface area (Å²) in [4.78, 5) is 8.00. The molecule has 0 N–H and O–H groups in total. The summed E-state index contributed by atoms with van der Waals surface area (Å²) < 4.78 is 5.35. The highest BCUT2D eigenvalue weighted by molar-refractivity contribution is 5.10. The molecule has 0 aromatic carbocycles. The number of carbonyl (C=O) groups is 1. The standard InChI is InChI=1S/C7H14O.C2H2.CH2O/c1-6-3-4-8-7(2)5-6;2*1-2/h6-7H,3-5H2,1-2H3;1-2H;1H2/t6-,7-;;/m0../s1. The monoisotopic (exact) mass is 170 g/mol. The predicted octanol–water partition coefficient (Wildman–Crippen LogP) is 1.89. The van der Waals surface area contributed by atoms with Crippen molar-refractivity contribution in [3.63, 3.8) is 0 Å². The van der Waals surface area contributed by atoms with Gasteiger partial charge in [-0.2, -0.15) is 0 Å². The Hall–Kier alpha value is -0.810. The van der Waals surface area contributed by atoms with Crippen LogP contribution in [0.5, 0.6) is 0 Å². The second-order valence-corrected chi connectivity index (χ2v) is 2.81. The zero-order chi connectivity index (χ0) is 9.98. The molecule has 2 atom stereocenters. The minimum atomic E-state index is 0.513. The Kier molecular flexibility index (Phi) is 11.7. The SMILES string of the molecule is C#C.C=O.C[C@H]1CCO[C@@H](C)C1. The molecule has 1 aliphatic rings. The van der Waals surface area contributed by atoms with Gasteiger partial charge in [0.2, 0.25) is 0 Å². The van der Waals surface area contributed by atoms with Gasteiger partial charge in [0.05, 0.1) is 6.10 Å². The first kappa shape index (κ1) is 13.8. The van der Waals surface area contributed by atoms with Gasteiger partial charge in [-0.1, -0.05) is 6.92 Å². The summed E-state index contributed by atoms with van der Waals surface area (Å²) in [5.41, 5.74) is 0. The Morgan fingerprint density at radius 2 is 1.83 bits per heavy atom. The molecule has 70 valence electrons. The van der Waals surface area contributed by atoms with Crippen LogP contribution < -0.4 is 0 Å². The van der Waals surface area contributed by atoms with E-state index < -0.39 is 0 Å². The number of rotatable bonds is 0. The molecular weight excluding hydrogens is 152 g/mol. The molecule has 1 heterocycles. The molecule has 0 aliphatic carbocycles. The largest absolute Gasteiger partial charge is 0.378 e. The van der Waals surface area contributed by atoms with Gasteiger partial charge >= 0.3 is 0 Å². The van der Waals surface area contributed by atoms with Gasteiger partial charge in [0.15, 0.2) is 0 Å². The molecule has 0 radical (unpaired) electrons. The van der Waals surface area contributed by atoms with Gasteiger partial charge in [0, 0.05) is 6.61 Å². The Bertz CT molecular complexity index is 102. The fourth-order valence-electron chi connectivity index (χ4n) is 1.22. The molecule has 0 saturated carbocycles. The minimum absolute atomic E-state index is 0.513. The van der Waals surface area contributed by atoms with Crippen LogP contribution in [0.25, 0.3) is 0 Å². The van der Waals surface area contributed by atoms with E-state index in [1.54, 1.807) is 0 Å². The van der Waals surface area contributed by atoms with Crippen LogP contribution >= 0.6 is 0 Å². The van der Waals surface area contributed by atoms with E-state index in [9.17, 15) is 0 Å². The number of hydrogen-bond acceptors (Lipinski definition) is 2. The van der Waals surface area contributed by atoms with Crippen LogP contribution in [0.2, 0.25) is 0 Å². The van der Waals surface area contributed by atoms with E-state index >= 15 is 0 Å². The van der Waals surface area contributed by atoms with Crippen molar-refractivity contribution in [2.24, 2.45) is 5.92 Å². The quantitative estimate of drug-likeness (QED) is 0.519. The third-order valence-corrected chi connectivity index (χ3v) is 1.75. The lowest BCUT2D eigenvalue weighted by Gasteiger charge is -2.23. The van der Waals surface area contributed by atoms with Gasteiger partial charge in [-0.25, -0.2) is 0 Å². The van der Waals surface area contributed by atoms with E-state index in [2.05, 4.69) is 26.7 Å². The third-order valence-electron chi connectivity index (χ3n) is 1.75. The topological polar surface area (TPSA) is 26.3 Å². The molecule has 0 amide bonds. The summed E-state index contributed by atoms with van der Waals surface area (Å²) in [6.07, 6.45) is 11.0. The van der Waals surface area contributed by atoms with E-state index in [0.717, 1.165) is 12.5 Å². The summed E-state index contributed by atoms with van der Waals surface area (Å²) in [7, 11) is 0. The zero-order valence-electron chi connectivity index (χ0n) is 7.95. The first-order chi connectivity index (χ1) is 5.79. The molecule has 1 fully saturated rings. The van der Waals surface area contributed by atoms with Crippen molar-refractivity contribution in [3.8, 4) is 12.8 Å². The Balaban J connectivity index is 0. The molecular formula is C10H18O2. The predicted molar refractivity (Wildman–Crippen MR) is 50.8 cm³/mol. The lowest BCUT2D eigenvalue weighted by atomic mass is 9.99. The highest BCUT2D eigenvalue weighted by Gasteiger charge is 2.13. The maximum absolute atomic E-state index is 8.00. The number of carbonyl (C=O) groups excluding carboxylic acids is 1. The van der Waals surface area contributed by atoms with Gasteiger partial charge in [-0.05, 0) is 25.7 Å². The van der Waals surface area contributed by atoms with E-state index in [1.165, 1.54) is 12.8 Å². The Labute approximate surface area is 75.3 Å². The second-order valence-electron chi connectivity index (χ2n) is 2.81. The van der Waals surface area contributed by atoms with Gasteiger partial charge in [-0.15, -0.1) is 12.8 Å². The molecule has 2 nitrogen and oxygen atoms in total. The first-order valence-electron chi connectivity index (χ1n) is 4.03. The van der Waals surface area contributed by atoms with E-state index in [-0.39, 0.29) is 0 Å². The zero-order valence-corrected chi connectivity index (χ0v) is 7.95. The third kappa shape index (κ3) is 7.30. The summed E-state index contributed by atoms with van der Waals surface area (Å²) in [5.74, 6) is 0.888. The summed E-state index contributed by atoms with van der Waals surface area (Å²) in [6, 6.07) is 0. The van der Waals surface area contributed by atoms with Crippen molar-refractivity contribution in [2.75, 3.05) is 6.61 Å². The Morgan fingerprint density at radius 1 is 1.33 bits per heavy atom. The molecule has 1 rings (SSSR count). The minimum Gasteiger partial charge on any atom is -0.378 e. The number of terminal acetylenes is 1. The molecule has 12 heavy (non-hydrogen) atoms. The molecule has 1 saturated heterocycles. The Morgan fingerprint density at radius 3 is 2.08 bits per heavy atom. The molecule has 0 bridgehead atoms. The van der Waals surface area contributed by atoms with Crippen molar-refractivity contribution in [3.05, 3.63) is 0 Å². The molecule has 2 heteroatoms. The first-order valence-corrected chi connectivity index (χ1v) is 4.03. The van der Waals surface area contributed by atoms with Crippen LogP contribution in [0.4, 0.5) is 0 Å². The van der Waals surface area contributed by atoms with Crippen molar-refractivity contribution < 1.29 is 9.53 Å². The van der Waals surface area contributed by atoms with Crippen molar-refractivity contribution in [1.82, 2.24) is 0 Å². The molecule has 0 unspecified atom stereocenters. The maximum Gasteiger partial charge on any atom is 0.106 e. The average Bonchev–Trinajstić information content (AvgIpc) is 2.11. The fourth-order valence-corrected chi connectivity index (χ4v) is 1.22. The van der Waals surface area contributed by atoms with Crippen LogP contribution in [0.15, 0.2) is 0 Å². The van der Waals surface area contributed by atoms with E-state index in [4.69, 9.17) is 9.53 Å². The number of hydrogen-bond donors (Lipinski definition) is 0. The van der Waals surface area contributed by atoms with Gasteiger partial charge < -0.3 is 9.53 Å². The van der Waals surface area contributed by atoms with Crippen LogP contribution in [-0.4, -0.2) is 19.5 Å². The molecule has 1 aliphatic heterocycles. The molecule has 0 aromatic rings. The van der Waals surface area contributed by atoms with E-state index in [0.29, 0.717) is 6.10 Å².